The van der Waals surface area contributed by atoms with Crippen molar-refractivity contribution in [2.24, 2.45) is 0 Å². The Labute approximate surface area is 104 Å². The zero-order chi connectivity index (χ0) is 12.8. The molecule has 98 valence electrons. The highest BCUT2D eigenvalue weighted by Gasteiger charge is 2.11. The average molecular weight is 239 g/mol. The van der Waals surface area contributed by atoms with Crippen molar-refractivity contribution < 1.29 is 4.52 Å². The van der Waals surface area contributed by atoms with Gasteiger partial charge in [-0.25, -0.2) is 0 Å². The number of aromatic nitrogens is 1. The summed E-state index contributed by atoms with van der Waals surface area (Å²) in [4.78, 5) is 2.35. The highest BCUT2D eigenvalue weighted by molar-refractivity contribution is 5.05. The highest BCUT2D eigenvalue weighted by atomic mass is 16.5. The quantitative estimate of drug-likeness (QED) is 0.793. The van der Waals surface area contributed by atoms with Gasteiger partial charge >= 0.3 is 0 Å². The number of nitrogens with zero attached hydrogens (tertiary/aromatic N) is 2. The molecule has 4 heteroatoms. The predicted molar refractivity (Wildman–Crippen MR) is 69.7 cm³/mol. The summed E-state index contributed by atoms with van der Waals surface area (Å²) in [5.74, 6) is 0.945. The summed E-state index contributed by atoms with van der Waals surface area (Å²) in [5.41, 5.74) is 0.980. The van der Waals surface area contributed by atoms with E-state index < -0.39 is 0 Å². The second-order valence-corrected chi connectivity index (χ2v) is 4.98. The van der Waals surface area contributed by atoms with Crippen LogP contribution in [0.3, 0.4) is 0 Å². The SMILES string of the molecule is CCN(Cc1cc(CNC(C)C)no1)C(C)C. The molecule has 1 aromatic heterocycles. The van der Waals surface area contributed by atoms with E-state index in [1.807, 2.05) is 6.07 Å². The molecule has 0 bridgehead atoms. The van der Waals surface area contributed by atoms with E-state index in [0.29, 0.717) is 12.1 Å². The van der Waals surface area contributed by atoms with Crippen LogP contribution in [0.5, 0.6) is 0 Å². The monoisotopic (exact) mass is 239 g/mol. The number of nitrogens with one attached hydrogen (secondary N) is 1. The molecule has 0 aromatic carbocycles. The lowest BCUT2D eigenvalue weighted by Gasteiger charge is -2.22. The molecule has 0 spiro atoms. The lowest BCUT2D eigenvalue weighted by molar-refractivity contribution is 0.198. The van der Waals surface area contributed by atoms with E-state index in [4.69, 9.17) is 4.52 Å². The van der Waals surface area contributed by atoms with Gasteiger partial charge in [-0.15, -0.1) is 0 Å². The highest BCUT2D eigenvalue weighted by Crippen LogP contribution is 2.09. The van der Waals surface area contributed by atoms with Gasteiger partial charge in [-0.1, -0.05) is 25.9 Å². The zero-order valence-electron chi connectivity index (χ0n) is 11.7. The Balaban J connectivity index is 2.50. The molecule has 1 aromatic rings. The smallest absolute Gasteiger partial charge is 0.151 e. The van der Waals surface area contributed by atoms with Crippen molar-refractivity contribution >= 4 is 0 Å². The molecule has 4 nitrogen and oxygen atoms in total. The summed E-state index contributed by atoms with van der Waals surface area (Å²) in [5, 5.41) is 7.40. The lowest BCUT2D eigenvalue weighted by atomic mass is 10.2. The normalized spacial score (nSPS) is 12.0. The fraction of sp³-hybridized carbons (Fsp3) is 0.769. The van der Waals surface area contributed by atoms with Crippen LogP contribution in [-0.2, 0) is 13.1 Å². The number of hydrogen-bond acceptors (Lipinski definition) is 4. The Morgan fingerprint density at radius 3 is 2.59 bits per heavy atom. The first kappa shape index (κ1) is 14.2. The van der Waals surface area contributed by atoms with Crippen LogP contribution in [0.4, 0.5) is 0 Å². The first-order chi connectivity index (χ1) is 8.02. The van der Waals surface area contributed by atoms with Gasteiger partial charge in [-0.3, -0.25) is 4.90 Å². The standard InChI is InChI=1S/C13H25N3O/c1-6-16(11(4)5)9-13-7-12(15-17-13)8-14-10(2)3/h7,10-11,14H,6,8-9H2,1-5H3. The number of hydrogen-bond donors (Lipinski definition) is 1. The van der Waals surface area contributed by atoms with Gasteiger partial charge in [0.25, 0.3) is 0 Å². The molecule has 1 heterocycles. The summed E-state index contributed by atoms with van der Waals surface area (Å²) in [6.07, 6.45) is 0. The van der Waals surface area contributed by atoms with Gasteiger partial charge in [0.05, 0.1) is 12.2 Å². The first-order valence-corrected chi connectivity index (χ1v) is 6.44. The molecule has 0 radical (unpaired) electrons. The molecular formula is C13H25N3O. The van der Waals surface area contributed by atoms with Crippen LogP contribution in [0, 0.1) is 0 Å². The van der Waals surface area contributed by atoms with Crippen LogP contribution in [0.2, 0.25) is 0 Å². The molecule has 0 amide bonds. The predicted octanol–water partition coefficient (Wildman–Crippen LogP) is 2.40. The molecule has 0 unspecified atom stereocenters. The molecule has 0 aliphatic heterocycles. The third-order valence-electron chi connectivity index (χ3n) is 2.79. The average Bonchev–Trinajstić information content (AvgIpc) is 2.70. The minimum atomic E-state index is 0.470. The Morgan fingerprint density at radius 2 is 2.06 bits per heavy atom. The van der Waals surface area contributed by atoms with Gasteiger partial charge in [0, 0.05) is 24.7 Å². The van der Waals surface area contributed by atoms with Crippen LogP contribution in [0.1, 0.15) is 46.1 Å². The van der Waals surface area contributed by atoms with Crippen LogP contribution in [0.15, 0.2) is 10.6 Å². The van der Waals surface area contributed by atoms with E-state index in [9.17, 15) is 0 Å². The van der Waals surface area contributed by atoms with Crippen LogP contribution < -0.4 is 5.32 Å². The van der Waals surface area contributed by atoms with E-state index in [0.717, 1.165) is 31.1 Å². The molecule has 0 fully saturated rings. The van der Waals surface area contributed by atoms with Gasteiger partial charge in [0.15, 0.2) is 5.76 Å². The van der Waals surface area contributed by atoms with Crippen molar-refractivity contribution in [1.82, 2.24) is 15.4 Å². The van der Waals surface area contributed by atoms with Crippen molar-refractivity contribution in [3.05, 3.63) is 17.5 Å². The topological polar surface area (TPSA) is 41.3 Å². The molecular weight excluding hydrogens is 214 g/mol. The molecule has 0 saturated carbocycles. The van der Waals surface area contributed by atoms with E-state index in [-0.39, 0.29) is 0 Å². The van der Waals surface area contributed by atoms with Crippen molar-refractivity contribution in [2.75, 3.05) is 6.54 Å². The van der Waals surface area contributed by atoms with Crippen LogP contribution in [0.25, 0.3) is 0 Å². The summed E-state index contributed by atoms with van der Waals surface area (Å²) < 4.78 is 5.35. The molecule has 0 atom stereocenters. The van der Waals surface area contributed by atoms with Gasteiger partial charge in [0.1, 0.15) is 0 Å². The second-order valence-electron chi connectivity index (χ2n) is 4.98. The van der Waals surface area contributed by atoms with Crippen LogP contribution >= 0.6 is 0 Å². The Kier molecular flexibility index (Phi) is 5.65. The maximum Gasteiger partial charge on any atom is 0.151 e. The fourth-order valence-electron chi connectivity index (χ4n) is 1.68. The van der Waals surface area contributed by atoms with Gasteiger partial charge in [0.2, 0.25) is 0 Å². The third kappa shape index (κ3) is 4.88. The van der Waals surface area contributed by atoms with Crippen molar-refractivity contribution in [3.8, 4) is 0 Å². The number of rotatable bonds is 7. The molecule has 1 rings (SSSR count). The molecule has 0 saturated heterocycles. The molecule has 0 aliphatic carbocycles. The lowest BCUT2D eigenvalue weighted by Crippen LogP contribution is -2.29. The maximum atomic E-state index is 5.35. The van der Waals surface area contributed by atoms with E-state index >= 15 is 0 Å². The van der Waals surface area contributed by atoms with E-state index in [1.165, 1.54) is 0 Å². The Morgan fingerprint density at radius 1 is 1.35 bits per heavy atom. The summed E-state index contributed by atoms with van der Waals surface area (Å²) in [7, 11) is 0. The van der Waals surface area contributed by atoms with E-state index in [2.05, 4.69) is 50.0 Å². The van der Waals surface area contributed by atoms with Crippen LogP contribution in [-0.4, -0.2) is 28.7 Å². The molecule has 17 heavy (non-hydrogen) atoms. The minimum Gasteiger partial charge on any atom is -0.360 e. The van der Waals surface area contributed by atoms with Crippen molar-refractivity contribution in [2.45, 2.75) is 59.8 Å². The summed E-state index contributed by atoms with van der Waals surface area (Å²) in [6, 6.07) is 3.04. The van der Waals surface area contributed by atoms with Gasteiger partial charge in [-0.2, -0.15) is 0 Å². The van der Waals surface area contributed by atoms with Gasteiger partial charge in [-0.05, 0) is 20.4 Å². The van der Waals surface area contributed by atoms with E-state index in [1.54, 1.807) is 0 Å². The summed E-state index contributed by atoms with van der Waals surface area (Å²) >= 11 is 0. The largest absolute Gasteiger partial charge is 0.360 e. The zero-order valence-corrected chi connectivity index (χ0v) is 11.7. The van der Waals surface area contributed by atoms with Gasteiger partial charge < -0.3 is 9.84 Å². The second kappa shape index (κ2) is 6.77. The Hall–Kier alpha value is -0.870. The molecule has 1 N–H and O–H groups in total. The van der Waals surface area contributed by atoms with Crippen molar-refractivity contribution in [3.63, 3.8) is 0 Å². The fourth-order valence-corrected chi connectivity index (χ4v) is 1.68. The maximum absolute atomic E-state index is 5.35. The Bertz CT molecular complexity index is 320. The summed E-state index contributed by atoms with van der Waals surface area (Å²) in [6.45, 7) is 13.4. The first-order valence-electron chi connectivity index (χ1n) is 6.44. The molecule has 0 aliphatic rings. The minimum absolute atomic E-state index is 0.470. The third-order valence-corrected chi connectivity index (χ3v) is 2.79. The van der Waals surface area contributed by atoms with Crippen molar-refractivity contribution in [1.29, 1.82) is 0 Å².